The topological polar surface area (TPSA) is 49.9 Å². The summed E-state index contributed by atoms with van der Waals surface area (Å²) in [6, 6.07) is 3.65. The molecule has 0 saturated carbocycles. The first-order chi connectivity index (χ1) is 10.5. The van der Waals surface area contributed by atoms with Gasteiger partial charge in [0, 0.05) is 24.5 Å². The molecule has 3 heterocycles. The highest BCUT2D eigenvalue weighted by molar-refractivity contribution is 6.30. The number of amides is 2. The first-order valence-corrected chi connectivity index (χ1v) is 7.61. The van der Waals surface area contributed by atoms with E-state index in [1.54, 1.807) is 9.80 Å². The maximum atomic E-state index is 14.0. The fourth-order valence-electron chi connectivity index (χ4n) is 3.85. The molecular formula is C15H14ClFN2O3. The molecule has 3 fully saturated rings. The van der Waals surface area contributed by atoms with Gasteiger partial charge in [-0.3, -0.25) is 9.59 Å². The van der Waals surface area contributed by atoms with E-state index in [1.807, 2.05) is 0 Å². The fraction of sp³-hybridized carbons (Fsp3) is 0.467. The van der Waals surface area contributed by atoms with Crippen LogP contribution in [-0.4, -0.2) is 53.1 Å². The minimum absolute atomic E-state index is 0.00317. The van der Waals surface area contributed by atoms with Gasteiger partial charge in [-0.1, -0.05) is 11.6 Å². The van der Waals surface area contributed by atoms with Gasteiger partial charge in [0.25, 0.3) is 5.91 Å². The highest BCUT2D eigenvalue weighted by Gasteiger charge is 2.62. The van der Waals surface area contributed by atoms with E-state index in [2.05, 4.69) is 0 Å². The van der Waals surface area contributed by atoms with Crippen LogP contribution in [-0.2, 0) is 9.53 Å². The van der Waals surface area contributed by atoms with Gasteiger partial charge in [0.05, 0.1) is 24.6 Å². The summed E-state index contributed by atoms with van der Waals surface area (Å²) in [6.07, 6.45) is 0.811. The normalized spacial score (nSPS) is 29.9. The molecule has 2 amide bonds. The fourth-order valence-corrected chi connectivity index (χ4v) is 4.01. The molecule has 5 nitrogen and oxygen atoms in total. The summed E-state index contributed by atoms with van der Waals surface area (Å²) in [5, 5.41) is 0.244. The predicted molar refractivity (Wildman–Crippen MR) is 75.9 cm³/mol. The molecule has 3 aliphatic rings. The van der Waals surface area contributed by atoms with Crippen molar-refractivity contribution in [3.63, 3.8) is 0 Å². The number of ether oxygens (including phenoxy) is 1. The third-order valence-corrected chi connectivity index (χ3v) is 5.06. The van der Waals surface area contributed by atoms with Gasteiger partial charge in [-0.15, -0.1) is 0 Å². The molecule has 0 bridgehead atoms. The lowest BCUT2D eigenvalue weighted by molar-refractivity contribution is -0.136. The zero-order valence-electron chi connectivity index (χ0n) is 11.7. The number of hydrogen-bond donors (Lipinski definition) is 0. The summed E-state index contributed by atoms with van der Waals surface area (Å²) < 4.78 is 19.8. The molecule has 4 rings (SSSR count). The van der Waals surface area contributed by atoms with Crippen LogP contribution < -0.4 is 0 Å². The first-order valence-electron chi connectivity index (χ1n) is 7.23. The third kappa shape index (κ3) is 1.74. The first kappa shape index (κ1) is 14.0. The third-order valence-electron chi connectivity index (χ3n) is 4.82. The maximum Gasteiger partial charge on any atom is 0.257 e. The molecule has 22 heavy (non-hydrogen) atoms. The zero-order valence-corrected chi connectivity index (χ0v) is 12.5. The zero-order chi connectivity index (χ0) is 15.5. The van der Waals surface area contributed by atoms with E-state index in [-0.39, 0.29) is 29.0 Å². The van der Waals surface area contributed by atoms with Crippen LogP contribution in [0.15, 0.2) is 18.2 Å². The van der Waals surface area contributed by atoms with Crippen molar-refractivity contribution >= 4 is 23.4 Å². The van der Waals surface area contributed by atoms with Crippen molar-refractivity contribution < 1.29 is 18.7 Å². The Kier molecular flexibility index (Phi) is 2.96. The molecule has 3 aliphatic heterocycles. The van der Waals surface area contributed by atoms with Crippen molar-refractivity contribution in [2.45, 2.75) is 24.6 Å². The molecule has 0 aromatic heterocycles. The van der Waals surface area contributed by atoms with Crippen molar-refractivity contribution in [3.05, 3.63) is 34.6 Å². The Morgan fingerprint density at radius 1 is 1.41 bits per heavy atom. The smallest absolute Gasteiger partial charge is 0.257 e. The van der Waals surface area contributed by atoms with E-state index in [4.69, 9.17) is 16.3 Å². The lowest BCUT2D eigenvalue weighted by Crippen LogP contribution is -2.48. The molecule has 0 radical (unpaired) electrons. The summed E-state index contributed by atoms with van der Waals surface area (Å²) in [6.45, 7) is 1.50. The van der Waals surface area contributed by atoms with Crippen molar-refractivity contribution in [1.82, 2.24) is 9.80 Å². The minimum atomic E-state index is -0.699. The van der Waals surface area contributed by atoms with Crippen LogP contribution in [0.25, 0.3) is 0 Å². The molecular weight excluding hydrogens is 311 g/mol. The molecule has 0 aliphatic carbocycles. The van der Waals surface area contributed by atoms with E-state index in [1.165, 1.54) is 12.1 Å². The van der Waals surface area contributed by atoms with Crippen LogP contribution in [0.4, 0.5) is 4.39 Å². The average Bonchev–Trinajstić information content (AvgIpc) is 3.10. The highest BCUT2D eigenvalue weighted by Crippen LogP contribution is 2.46. The van der Waals surface area contributed by atoms with Crippen LogP contribution in [0.2, 0.25) is 5.02 Å². The predicted octanol–water partition coefficient (Wildman–Crippen LogP) is 1.65. The molecule has 116 valence electrons. The molecule has 3 saturated heterocycles. The molecule has 1 spiro atoms. The summed E-state index contributed by atoms with van der Waals surface area (Å²) in [5.41, 5.74) is -0.722. The van der Waals surface area contributed by atoms with Gasteiger partial charge in [0.15, 0.2) is 5.72 Å². The molecule has 7 heteroatoms. The van der Waals surface area contributed by atoms with E-state index in [9.17, 15) is 14.0 Å². The number of benzene rings is 1. The van der Waals surface area contributed by atoms with Crippen molar-refractivity contribution in [3.8, 4) is 0 Å². The Bertz CT molecular complexity index is 683. The summed E-state index contributed by atoms with van der Waals surface area (Å²) in [5.74, 6) is -1.07. The number of likely N-dealkylation sites (tertiary alicyclic amines) is 1. The van der Waals surface area contributed by atoms with Crippen LogP contribution >= 0.6 is 11.6 Å². The van der Waals surface area contributed by atoms with Crippen LogP contribution in [0.1, 0.15) is 23.2 Å². The van der Waals surface area contributed by atoms with Gasteiger partial charge in [-0.05, 0) is 18.2 Å². The standard InChI is InChI=1S/C15H14ClFN2O3/c16-9-1-2-10(11(17)7-9)14(21)18-4-3-15-12(18)8-13(20)19(15)5-6-22-15/h1-2,7,12H,3-6,8H2/t12-,15+/m1/s1. The lowest BCUT2D eigenvalue weighted by Gasteiger charge is -2.31. The van der Waals surface area contributed by atoms with Crippen LogP contribution in [0.3, 0.4) is 0 Å². The average molecular weight is 325 g/mol. The Balaban J connectivity index is 1.67. The van der Waals surface area contributed by atoms with E-state index < -0.39 is 17.4 Å². The molecule has 1 aromatic rings. The molecule has 0 N–H and O–H groups in total. The van der Waals surface area contributed by atoms with Crippen molar-refractivity contribution in [2.24, 2.45) is 0 Å². The van der Waals surface area contributed by atoms with Crippen LogP contribution in [0, 0.1) is 5.82 Å². The molecule has 2 atom stereocenters. The Hall–Kier alpha value is -1.66. The van der Waals surface area contributed by atoms with Gasteiger partial charge in [-0.2, -0.15) is 0 Å². The van der Waals surface area contributed by atoms with Crippen LogP contribution in [0.5, 0.6) is 0 Å². The van der Waals surface area contributed by atoms with Gasteiger partial charge >= 0.3 is 0 Å². The quantitative estimate of drug-likeness (QED) is 0.789. The lowest BCUT2D eigenvalue weighted by atomic mass is 10.1. The van der Waals surface area contributed by atoms with Crippen molar-refractivity contribution in [2.75, 3.05) is 19.7 Å². The number of rotatable bonds is 1. The van der Waals surface area contributed by atoms with E-state index >= 15 is 0 Å². The second-order valence-electron chi connectivity index (χ2n) is 5.83. The SMILES string of the molecule is O=C(c1ccc(Cl)cc1F)N1CC[C@@]23OCCN2C(=O)C[C@@H]13. The van der Waals surface area contributed by atoms with Gasteiger partial charge in [0.2, 0.25) is 5.91 Å². The number of carbonyl (C=O) groups excluding carboxylic acids is 2. The second-order valence-corrected chi connectivity index (χ2v) is 6.27. The summed E-state index contributed by atoms with van der Waals surface area (Å²) in [4.78, 5) is 28.1. The van der Waals surface area contributed by atoms with Gasteiger partial charge in [-0.25, -0.2) is 4.39 Å². The second kappa shape index (κ2) is 4.67. The number of halogens is 2. The van der Waals surface area contributed by atoms with E-state index in [0.717, 1.165) is 6.07 Å². The number of carbonyl (C=O) groups is 2. The molecule has 1 aromatic carbocycles. The molecule has 0 unspecified atom stereocenters. The number of nitrogens with zero attached hydrogens (tertiary/aromatic N) is 2. The Morgan fingerprint density at radius 3 is 3.00 bits per heavy atom. The Morgan fingerprint density at radius 2 is 2.23 bits per heavy atom. The Labute approximate surface area is 131 Å². The monoisotopic (exact) mass is 324 g/mol. The largest absolute Gasteiger partial charge is 0.351 e. The van der Waals surface area contributed by atoms with E-state index in [0.29, 0.717) is 26.1 Å². The van der Waals surface area contributed by atoms with Gasteiger partial charge < -0.3 is 14.5 Å². The maximum absolute atomic E-state index is 14.0. The van der Waals surface area contributed by atoms with Crippen molar-refractivity contribution in [1.29, 1.82) is 0 Å². The summed E-state index contributed by atoms with van der Waals surface area (Å²) >= 11 is 5.73. The summed E-state index contributed by atoms with van der Waals surface area (Å²) in [7, 11) is 0. The minimum Gasteiger partial charge on any atom is -0.351 e. The highest BCUT2D eigenvalue weighted by atomic mass is 35.5. The number of hydrogen-bond acceptors (Lipinski definition) is 3. The van der Waals surface area contributed by atoms with Gasteiger partial charge in [0.1, 0.15) is 5.82 Å².